The Morgan fingerprint density at radius 3 is 1.93 bits per heavy atom. The van der Waals surface area contributed by atoms with Gasteiger partial charge in [0.1, 0.15) is 0 Å². The normalized spacial score (nSPS) is 11.9. The first-order valence-corrected chi connectivity index (χ1v) is 4.79. The van der Waals surface area contributed by atoms with E-state index in [0.29, 0.717) is 0 Å². The number of benzene rings is 1. The second kappa shape index (κ2) is 4.98. The molecule has 0 saturated heterocycles. The van der Waals surface area contributed by atoms with Gasteiger partial charge in [-0.1, -0.05) is 18.2 Å². The first-order valence-electron chi connectivity index (χ1n) is 3.39. The van der Waals surface area contributed by atoms with Crippen molar-refractivity contribution < 1.29 is 42.8 Å². The van der Waals surface area contributed by atoms with Crippen LogP contribution in [0.4, 0.5) is 13.2 Å². The van der Waals surface area contributed by atoms with Crippen LogP contribution < -0.4 is 0 Å². The van der Waals surface area contributed by atoms with Crippen molar-refractivity contribution in [2.75, 3.05) is 0 Å². The van der Waals surface area contributed by atoms with E-state index in [2.05, 4.69) is 4.18 Å². The molecule has 1 aromatic carbocycles. The van der Waals surface area contributed by atoms with Crippen molar-refractivity contribution in [3.05, 3.63) is 30.3 Å². The summed E-state index contributed by atoms with van der Waals surface area (Å²) in [6.07, 6.45) is -5.20. The van der Waals surface area contributed by atoms with Gasteiger partial charge in [0, 0.05) is 17.1 Å². The van der Waals surface area contributed by atoms with Gasteiger partial charge in [-0.25, -0.2) is 0 Å². The summed E-state index contributed by atoms with van der Waals surface area (Å²) in [5, 5.41) is 0. The summed E-state index contributed by atoms with van der Waals surface area (Å²) >= 11 is 0. The van der Waals surface area contributed by atoms with Crippen LogP contribution in [-0.2, 0) is 31.4 Å². The summed E-state index contributed by atoms with van der Waals surface area (Å²) < 4.78 is 59.7. The Morgan fingerprint density at radius 1 is 1.07 bits per heavy atom. The molecule has 0 aromatic heterocycles. The zero-order valence-corrected chi connectivity index (χ0v) is 8.93. The van der Waals surface area contributed by atoms with Gasteiger partial charge in [-0.15, -0.1) is 13.2 Å². The van der Waals surface area contributed by atoms with E-state index in [9.17, 15) is 21.6 Å². The third-order valence-corrected chi connectivity index (χ3v) is 2.49. The standard InChI is InChI=1S/C7H5F3O3S.Fe/c8-7(9,10)13-14(11,12)6-4-2-1-3-5-6;/h1-5H;. The number of hydrogen-bond acceptors (Lipinski definition) is 3. The average molecular weight is 282 g/mol. The van der Waals surface area contributed by atoms with Crippen LogP contribution in [0, 0.1) is 0 Å². The van der Waals surface area contributed by atoms with Gasteiger partial charge >= 0.3 is 16.5 Å². The molecule has 0 radical (unpaired) electrons. The van der Waals surface area contributed by atoms with E-state index in [4.69, 9.17) is 0 Å². The molecule has 15 heavy (non-hydrogen) atoms. The third kappa shape index (κ3) is 4.65. The molecule has 0 heterocycles. The minimum Gasteiger partial charge on any atom is -0.194 e. The minimum atomic E-state index is -5.20. The van der Waals surface area contributed by atoms with E-state index in [0.717, 1.165) is 12.1 Å². The molecule has 0 atom stereocenters. The topological polar surface area (TPSA) is 43.4 Å². The molecule has 0 aliphatic carbocycles. The van der Waals surface area contributed by atoms with Crippen molar-refractivity contribution in [2.45, 2.75) is 11.3 Å². The molecule has 1 rings (SSSR count). The van der Waals surface area contributed by atoms with Crippen LogP contribution in [-0.4, -0.2) is 14.8 Å². The van der Waals surface area contributed by atoms with Crippen LogP contribution in [0.3, 0.4) is 0 Å². The molecule has 0 aliphatic rings. The monoisotopic (exact) mass is 282 g/mol. The van der Waals surface area contributed by atoms with Gasteiger partial charge < -0.3 is 0 Å². The first kappa shape index (κ1) is 14.4. The SMILES string of the molecule is O=S(=O)(OC(F)(F)F)c1ccccc1.[Fe]. The number of halogens is 3. The average Bonchev–Trinajstić information content (AvgIpc) is 2.01. The van der Waals surface area contributed by atoms with Gasteiger partial charge in [0.05, 0.1) is 4.90 Å². The fourth-order valence-corrected chi connectivity index (χ4v) is 1.60. The first-order chi connectivity index (χ1) is 6.31. The van der Waals surface area contributed by atoms with Gasteiger partial charge in [0.2, 0.25) is 0 Å². The summed E-state index contributed by atoms with van der Waals surface area (Å²) in [4.78, 5) is -0.530. The zero-order chi connectivity index (χ0) is 10.8. The maximum Gasteiger partial charge on any atom is 0.537 e. The Morgan fingerprint density at radius 2 is 1.53 bits per heavy atom. The molecule has 86 valence electrons. The van der Waals surface area contributed by atoms with E-state index < -0.39 is 21.4 Å². The van der Waals surface area contributed by atoms with E-state index in [1.807, 2.05) is 0 Å². The maximum absolute atomic E-state index is 11.6. The largest absolute Gasteiger partial charge is 0.537 e. The molecule has 0 saturated carbocycles. The Bertz CT molecular complexity index is 401. The van der Waals surface area contributed by atoms with Crippen LogP contribution in [0.2, 0.25) is 0 Å². The van der Waals surface area contributed by atoms with Crippen LogP contribution in [0.5, 0.6) is 0 Å². The predicted octanol–water partition coefficient (Wildman–Crippen LogP) is 1.91. The second-order valence-electron chi connectivity index (χ2n) is 2.30. The van der Waals surface area contributed by atoms with Gasteiger partial charge in [-0.2, -0.15) is 12.6 Å². The van der Waals surface area contributed by atoms with Crippen molar-refractivity contribution in [3.63, 3.8) is 0 Å². The van der Waals surface area contributed by atoms with E-state index in [1.54, 1.807) is 0 Å². The van der Waals surface area contributed by atoms with Gasteiger partial charge in [-0.05, 0) is 12.1 Å². The number of hydrogen-bond donors (Lipinski definition) is 0. The molecule has 0 amide bonds. The minimum absolute atomic E-state index is 0. The summed E-state index contributed by atoms with van der Waals surface area (Å²) in [5.74, 6) is 0. The third-order valence-electron chi connectivity index (χ3n) is 1.24. The second-order valence-corrected chi connectivity index (χ2v) is 3.84. The molecular weight excluding hydrogens is 277 g/mol. The Hall–Kier alpha value is -0.561. The Kier molecular flexibility index (Phi) is 4.79. The van der Waals surface area contributed by atoms with Crippen molar-refractivity contribution in [1.29, 1.82) is 0 Å². The fourth-order valence-electron chi connectivity index (χ4n) is 0.760. The molecule has 8 heteroatoms. The quantitative estimate of drug-likeness (QED) is 0.614. The van der Waals surface area contributed by atoms with E-state index >= 15 is 0 Å². The number of rotatable bonds is 2. The van der Waals surface area contributed by atoms with E-state index in [1.165, 1.54) is 18.2 Å². The van der Waals surface area contributed by atoms with Gasteiger partial charge in [0.25, 0.3) is 0 Å². The molecule has 0 fully saturated rings. The zero-order valence-electron chi connectivity index (χ0n) is 7.01. The molecule has 0 spiro atoms. The number of alkyl halides is 3. The molecule has 0 aliphatic heterocycles. The maximum atomic E-state index is 11.6. The smallest absolute Gasteiger partial charge is 0.194 e. The van der Waals surface area contributed by atoms with Crippen molar-refractivity contribution >= 4 is 10.1 Å². The summed E-state index contributed by atoms with van der Waals surface area (Å²) in [6.45, 7) is 0. The molecule has 0 bridgehead atoms. The molecule has 0 N–H and O–H groups in total. The van der Waals surface area contributed by atoms with Crippen molar-refractivity contribution in [1.82, 2.24) is 0 Å². The van der Waals surface area contributed by atoms with Crippen molar-refractivity contribution in [2.24, 2.45) is 0 Å². The van der Waals surface area contributed by atoms with Crippen LogP contribution in [0.15, 0.2) is 35.2 Å². The molecular formula is C7H5F3FeO3S. The van der Waals surface area contributed by atoms with Crippen LogP contribution >= 0.6 is 0 Å². The van der Waals surface area contributed by atoms with Gasteiger partial charge in [-0.3, -0.25) is 0 Å². The molecule has 3 nitrogen and oxygen atoms in total. The van der Waals surface area contributed by atoms with Crippen LogP contribution in [0.25, 0.3) is 0 Å². The molecule has 1 aromatic rings. The Labute approximate surface area is 94.8 Å². The molecule has 0 unspecified atom stereocenters. The fraction of sp³-hybridized carbons (Fsp3) is 0.143. The van der Waals surface area contributed by atoms with Gasteiger partial charge in [0.15, 0.2) is 0 Å². The van der Waals surface area contributed by atoms with E-state index in [-0.39, 0.29) is 17.1 Å². The summed E-state index contributed by atoms with van der Waals surface area (Å²) in [5.41, 5.74) is 0. The Balaban J connectivity index is 0.00000196. The predicted molar refractivity (Wildman–Crippen MR) is 40.8 cm³/mol. The van der Waals surface area contributed by atoms with Crippen LogP contribution in [0.1, 0.15) is 0 Å². The summed E-state index contributed by atoms with van der Waals surface area (Å²) in [6, 6.07) is 6.11. The summed E-state index contributed by atoms with van der Waals surface area (Å²) in [7, 11) is -4.74. The van der Waals surface area contributed by atoms with Crippen molar-refractivity contribution in [3.8, 4) is 0 Å².